The highest BCUT2D eigenvalue weighted by atomic mass is 19.1. The second-order valence-electron chi connectivity index (χ2n) is 6.10. The number of rotatable bonds is 6. The standard InChI is InChI=1S/C17H22FN3O3.C2H6/c1-11-6-14(20-8-13(18)9-20)4-5-16(11)21-10-15(24-17(21)22)7-19-12(2)23-3;1-2/h4-6,13,15,19H,2,7-10H2,1,3H3;1-2H3. The minimum absolute atomic E-state index is 0.272. The van der Waals surface area contributed by atoms with Crippen LogP contribution in [0, 0.1) is 6.92 Å². The number of halogens is 1. The van der Waals surface area contributed by atoms with Crippen molar-refractivity contribution in [3.05, 3.63) is 36.2 Å². The van der Waals surface area contributed by atoms with Crippen LogP contribution in [0.1, 0.15) is 19.4 Å². The number of amides is 1. The lowest BCUT2D eigenvalue weighted by Crippen LogP contribution is -2.48. The predicted molar refractivity (Wildman–Crippen MR) is 101 cm³/mol. The van der Waals surface area contributed by atoms with E-state index in [9.17, 15) is 9.18 Å². The molecule has 1 aromatic rings. The van der Waals surface area contributed by atoms with Gasteiger partial charge in [0.2, 0.25) is 0 Å². The van der Waals surface area contributed by atoms with Gasteiger partial charge in [-0.25, -0.2) is 9.18 Å². The lowest BCUT2D eigenvalue weighted by molar-refractivity contribution is 0.137. The Morgan fingerprint density at radius 2 is 2.08 bits per heavy atom. The fraction of sp³-hybridized carbons (Fsp3) is 0.526. The van der Waals surface area contributed by atoms with Crippen molar-refractivity contribution in [2.45, 2.75) is 33.0 Å². The van der Waals surface area contributed by atoms with Crippen molar-refractivity contribution < 1.29 is 18.7 Å². The summed E-state index contributed by atoms with van der Waals surface area (Å²) in [4.78, 5) is 15.7. The van der Waals surface area contributed by atoms with Crippen LogP contribution >= 0.6 is 0 Å². The van der Waals surface area contributed by atoms with Gasteiger partial charge in [-0.15, -0.1) is 0 Å². The third-order valence-corrected chi connectivity index (χ3v) is 4.32. The summed E-state index contributed by atoms with van der Waals surface area (Å²) in [5, 5.41) is 2.96. The molecule has 0 bridgehead atoms. The maximum Gasteiger partial charge on any atom is 0.414 e. The molecule has 26 heavy (non-hydrogen) atoms. The van der Waals surface area contributed by atoms with E-state index in [1.807, 2.05) is 43.9 Å². The number of carbonyl (C=O) groups excluding carboxylic acids is 1. The molecule has 1 unspecified atom stereocenters. The summed E-state index contributed by atoms with van der Waals surface area (Å²) in [5.41, 5.74) is 2.75. The molecule has 144 valence electrons. The number of aryl methyl sites for hydroxylation is 1. The monoisotopic (exact) mass is 365 g/mol. The van der Waals surface area contributed by atoms with Crippen LogP contribution in [0.2, 0.25) is 0 Å². The zero-order valence-corrected chi connectivity index (χ0v) is 15.9. The maximum atomic E-state index is 13.0. The first-order valence-electron chi connectivity index (χ1n) is 8.92. The Kier molecular flexibility index (Phi) is 6.71. The molecular formula is C19H28FN3O3. The molecule has 2 fully saturated rings. The highest BCUT2D eigenvalue weighted by Gasteiger charge is 2.33. The topological polar surface area (TPSA) is 54.0 Å². The Morgan fingerprint density at radius 1 is 1.38 bits per heavy atom. The van der Waals surface area contributed by atoms with Crippen LogP contribution in [0.4, 0.5) is 20.6 Å². The molecule has 2 saturated heterocycles. The highest BCUT2D eigenvalue weighted by Crippen LogP contribution is 2.31. The third-order valence-electron chi connectivity index (χ3n) is 4.32. The Balaban J connectivity index is 0.00000117. The minimum Gasteiger partial charge on any atom is -0.483 e. The molecule has 0 aliphatic carbocycles. The molecule has 2 heterocycles. The zero-order chi connectivity index (χ0) is 19.3. The summed E-state index contributed by atoms with van der Waals surface area (Å²) in [6.45, 7) is 11.4. The lowest BCUT2D eigenvalue weighted by Gasteiger charge is -2.36. The number of hydrogen-bond donors (Lipinski definition) is 1. The molecule has 2 aliphatic heterocycles. The van der Waals surface area contributed by atoms with Crippen molar-refractivity contribution >= 4 is 17.5 Å². The van der Waals surface area contributed by atoms with E-state index in [0.717, 1.165) is 16.9 Å². The average molecular weight is 365 g/mol. The van der Waals surface area contributed by atoms with E-state index in [1.54, 1.807) is 4.90 Å². The van der Waals surface area contributed by atoms with Crippen molar-refractivity contribution in [1.29, 1.82) is 0 Å². The van der Waals surface area contributed by atoms with Gasteiger partial charge in [-0.1, -0.05) is 13.8 Å². The summed E-state index contributed by atoms with van der Waals surface area (Å²) in [7, 11) is 1.52. The Labute approximate surface area is 154 Å². The second-order valence-corrected chi connectivity index (χ2v) is 6.10. The number of alkyl halides is 1. The van der Waals surface area contributed by atoms with Gasteiger partial charge in [0, 0.05) is 5.69 Å². The molecule has 1 aromatic carbocycles. The van der Waals surface area contributed by atoms with Crippen molar-refractivity contribution in [3.63, 3.8) is 0 Å². The molecular weight excluding hydrogens is 337 g/mol. The molecule has 0 aromatic heterocycles. The number of ether oxygens (including phenoxy) is 2. The van der Waals surface area contributed by atoms with Crippen molar-refractivity contribution in [2.24, 2.45) is 0 Å². The Bertz CT molecular complexity index is 647. The van der Waals surface area contributed by atoms with E-state index in [2.05, 4.69) is 11.9 Å². The average Bonchev–Trinajstić information content (AvgIpc) is 2.99. The van der Waals surface area contributed by atoms with Gasteiger partial charge in [-0.2, -0.15) is 0 Å². The molecule has 0 radical (unpaired) electrons. The molecule has 7 heteroatoms. The quantitative estimate of drug-likeness (QED) is 0.785. The number of hydrogen-bond acceptors (Lipinski definition) is 5. The molecule has 2 aliphatic rings. The maximum absolute atomic E-state index is 13.0. The summed E-state index contributed by atoms with van der Waals surface area (Å²) in [6, 6.07) is 5.79. The van der Waals surface area contributed by atoms with Gasteiger partial charge in [-0.05, 0) is 37.3 Å². The van der Waals surface area contributed by atoms with Crippen molar-refractivity contribution in [3.8, 4) is 0 Å². The van der Waals surface area contributed by atoms with Crippen LogP contribution in [0.15, 0.2) is 30.7 Å². The Morgan fingerprint density at radius 3 is 2.65 bits per heavy atom. The number of carbonyl (C=O) groups is 1. The number of anilines is 2. The van der Waals surface area contributed by atoms with Crippen molar-refractivity contribution in [1.82, 2.24) is 5.32 Å². The van der Waals surface area contributed by atoms with Gasteiger partial charge in [0.1, 0.15) is 12.3 Å². The van der Waals surface area contributed by atoms with Gasteiger partial charge >= 0.3 is 6.09 Å². The van der Waals surface area contributed by atoms with E-state index in [-0.39, 0.29) is 12.2 Å². The number of nitrogens with zero attached hydrogens (tertiary/aromatic N) is 2. The number of nitrogens with one attached hydrogen (secondary N) is 1. The number of methoxy groups -OCH3 is 1. The molecule has 3 rings (SSSR count). The summed E-state index contributed by atoms with van der Waals surface area (Å²) < 4.78 is 23.3. The second kappa shape index (κ2) is 8.78. The molecule has 1 N–H and O–H groups in total. The first-order valence-corrected chi connectivity index (χ1v) is 8.92. The van der Waals surface area contributed by atoms with Crippen LogP contribution < -0.4 is 15.1 Å². The number of benzene rings is 1. The van der Waals surface area contributed by atoms with Gasteiger partial charge < -0.3 is 19.7 Å². The van der Waals surface area contributed by atoms with E-state index in [4.69, 9.17) is 9.47 Å². The fourth-order valence-corrected chi connectivity index (χ4v) is 2.90. The normalized spacial score (nSPS) is 19.3. The van der Waals surface area contributed by atoms with Gasteiger partial charge in [0.15, 0.2) is 5.88 Å². The third kappa shape index (κ3) is 4.39. The van der Waals surface area contributed by atoms with Gasteiger partial charge in [-0.3, -0.25) is 4.90 Å². The molecule has 1 atom stereocenters. The van der Waals surface area contributed by atoms with Crippen LogP contribution in [0.5, 0.6) is 0 Å². The predicted octanol–water partition coefficient (Wildman–Crippen LogP) is 3.21. The van der Waals surface area contributed by atoms with Gasteiger partial charge in [0.25, 0.3) is 0 Å². The first kappa shape index (κ1) is 19.9. The fourth-order valence-electron chi connectivity index (χ4n) is 2.90. The zero-order valence-electron chi connectivity index (χ0n) is 15.9. The molecule has 6 nitrogen and oxygen atoms in total. The number of cyclic esters (lactones) is 1. The minimum atomic E-state index is -0.742. The van der Waals surface area contributed by atoms with Crippen LogP contribution in [0.3, 0.4) is 0 Å². The van der Waals surface area contributed by atoms with Crippen molar-refractivity contribution in [2.75, 3.05) is 43.1 Å². The summed E-state index contributed by atoms with van der Waals surface area (Å²) >= 11 is 0. The largest absolute Gasteiger partial charge is 0.483 e. The Hall–Kier alpha value is -2.44. The van der Waals surface area contributed by atoms with Gasteiger partial charge in [0.05, 0.1) is 39.0 Å². The van der Waals surface area contributed by atoms with Crippen LogP contribution in [0.25, 0.3) is 0 Å². The molecule has 0 saturated carbocycles. The van der Waals surface area contributed by atoms with E-state index >= 15 is 0 Å². The summed E-state index contributed by atoms with van der Waals surface area (Å²) in [5.74, 6) is 0.436. The highest BCUT2D eigenvalue weighted by molar-refractivity contribution is 5.91. The smallest absolute Gasteiger partial charge is 0.414 e. The summed E-state index contributed by atoms with van der Waals surface area (Å²) in [6.07, 6.45) is -1.38. The van der Waals surface area contributed by atoms with E-state index < -0.39 is 6.17 Å². The van der Waals surface area contributed by atoms with E-state index in [0.29, 0.717) is 32.1 Å². The van der Waals surface area contributed by atoms with Crippen LogP contribution in [-0.2, 0) is 9.47 Å². The SMILES string of the molecule is C=C(NCC1CN(c2ccc(N3CC(F)C3)cc2C)C(=O)O1)OC.CC. The molecule has 0 spiro atoms. The molecule has 1 amide bonds. The van der Waals surface area contributed by atoms with Crippen LogP contribution in [-0.4, -0.2) is 51.7 Å². The first-order chi connectivity index (χ1) is 12.5. The lowest BCUT2D eigenvalue weighted by atomic mass is 10.1. The van der Waals surface area contributed by atoms with E-state index in [1.165, 1.54) is 7.11 Å².